The van der Waals surface area contributed by atoms with Crippen molar-refractivity contribution in [3.05, 3.63) is 0 Å². The summed E-state index contributed by atoms with van der Waals surface area (Å²) in [7, 11) is 11.2. The summed E-state index contributed by atoms with van der Waals surface area (Å²) in [5, 5.41) is 0. The van der Waals surface area contributed by atoms with Gasteiger partial charge in [-0.15, -0.1) is 0 Å². The number of nitrogens with zero attached hydrogens (tertiary/aromatic N) is 3. The van der Waals surface area contributed by atoms with Crippen LogP contribution in [0.15, 0.2) is 0 Å². The zero-order chi connectivity index (χ0) is 10.7. The molecular weight excluding hydrogens is 248 g/mol. The normalized spacial score (nSPS) is 7.71. The molecule has 0 aliphatic rings. The van der Waals surface area contributed by atoms with Crippen molar-refractivity contribution in [3.63, 3.8) is 0 Å². The highest BCUT2D eigenvalue weighted by Gasteiger charge is 1.60. The summed E-state index contributed by atoms with van der Waals surface area (Å²) in [4.78, 5) is 0. The molecule has 0 aromatic rings. The van der Waals surface area contributed by atoms with Gasteiger partial charge in [0.25, 0.3) is 0 Å². The first-order valence-corrected chi connectivity index (χ1v) is 4.48. The Hall–Kier alpha value is 0.790. The third-order valence-corrected chi connectivity index (χ3v) is 0. The van der Waals surface area contributed by atoms with Gasteiger partial charge in [0.15, 0.2) is 0 Å². The van der Waals surface area contributed by atoms with Crippen LogP contribution >= 0.6 is 38.4 Å². The topological polar surface area (TPSA) is 9.72 Å². The molecule has 0 radical (unpaired) electrons. The Morgan fingerprint density at radius 3 is 0.500 bits per heavy atom. The van der Waals surface area contributed by atoms with E-state index < -0.39 is 0 Å². The summed E-state index contributed by atoms with van der Waals surface area (Å²) in [6.07, 6.45) is 0. The van der Waals surface area contributed by atoms with Gasteiger partial charge in [-0.1, -0.05) is 38.4 Å². The molecule has 8 heteroatoms. The van der Waals surface area contributed by atoms with Crippen molar-refractivity contribution in [1.29, 1.82) is 0 Å². The van der Waals surface area contributed by atoms with Crippen LogP contribution in [0.3, 0.4) is 0 Å². The predicted molar refractivity (Wildman–Crippen MR) is 73.0 cm³/mol. The van der Waals surface area contributed by atoms with Gasteiger partial charge in [-0.3, -0.25) is 22.3 Å². The summed E-state index contributed by atoms with van der Waals surface area (Å²) >= 11 is 11.4. The number of halogens is 2. The Balaban J connectivity index is -0.0000000270. The van der Waals surface area contributed by atoms with Gasteiger partial charge in [0.1, 0.15) is 0 Å². The van der Waals surface area contributed by atoms with Gasteiger partial charge in [0.05, 0.1) is 0 Å². The smallest absolute Gasteiger partial charge is 0.00309 e. The van der Waals surface area contributed by atoms with E-state index in [2.05, 4.69) is 38.4 Å². The second-order valence-electron chi connectivity index (χ2n) is 2.54. The van der Waals surface area contributed by atoms with Gasteiger partial charge in [-0.05, 0) is 42.3 Å². The third kappa shape index (κ3) is 2850. The summed E-state index contributed by atoms with van der Waals surface area (Å²) in [5.74, 6) is 0. The van der Waals surface area contributed by atoms with Gasteiger partial charge in [-0.25, -0.2) is 0 Å². The van der Waals surface area contributed by atoms with Crippen LogP contribution in [0.25, 0.3) is 0 Å². The fourth-order valence-corrected chi connectivity index (χ4v) is 0. The molecule has 0 aromatic carbocycles. The number of rotatable bonds is 0. The van der Waals surface area contributed by atoms with Crippen LogP contribution in [0.1, 0.15) is 0 Å². The van der Waals surface area contributed by atoms with Gasteiger partial charge < -0.3 is 0 Å². The van der Waals surface area contributed by atoms with Crippen LogP contribution in [-0.4, -0.2) is 55.2 Å². The molecule has 0 heterocycles. The van der Waals surface area contributed by atoms with Crippen molar-refractivity contribution in [3.8, 4) is 0 Å². The lowest BCUT2D eigenvalue weighted by atomic mass is 11.3. The molecule has 0 spiro atoms. The molecule has 0 aliphatic heterocycles. The van der Waals surface area contributed by atoms with Crippen LogP contribution in [0.2, 0.25) is 0 Å². The highest BCUT2D eigenvalue weighted by molar-refractivity contribution is 7.77. The molecule has 94 valence electrons. The van der Waals surface area contributed by atoms with Crippen molar-refractivity contribution < 1.29 is 9.41 Å². The molecule has 0 amide bonds. The van der Waals surface area contributed by atoms with Crippen LogP contribution in [-0.2, 0) is 0 Å². The minimum Gasteiger partial charge on any atom is -0.269 e. The van der Waals surface area contributed by atoms with Gasteiger partial charge in [0.2, 0.25) is 0 Å². The number of hydrogen-bond donors (Lipinski definition) is 3. The lowest BCUT2D eigenvalue weighted by molar-refractivity contribution is 0.714. The van der Waals surface area contributed by atoms with Crippen LogP contribution in [0, 0.1) is 0 Å². The Bertz CT molecular complexity index is 54.8. The molecule has 0 fully saturated rings. The molecule has 0 aliphatic carbocycles. The first-order chi connectivity index (χ1) is 5.20. The van der Waals surface area contributed by atoms with Crippen LogP contribution in [0.4, 0.5) is 9.41 Å². The fraction of sp³-hybridized carbons (Fsp3) is 1.00. The molecule has 14 heavy (non-hydrogen) atoms. The molecular formula is C6H23F2N3S3. The lowest BCUT2D eigenvalue weighted by Crippen LogP contribution is -1.89. The predicted octanol–water partition coefficient (Wildman–Crippen LogP) is 1.48. The second kappa shape index (κ2) is 23.5. The van der Waals surface area contributed by atoms with E-state index in [4.69, 9.17) is 0 Å². The van der Waals surface area contributed by atoms with E-state index in [0.29, 0.717) is 0 Å². The number of hydrogen-bond acceptors (Lipinski definition) is 6. The minimum atomic E-state index is 0. The summed E-state index contributed by atoms with van der Waals surface area (Å²) < 4.78 is 5.08. The molecule has 0 bridgehead atoms. The minimum absolute atomic E-state index is 0. The van der Waals surface area contributed by atoms with Crippen LogP contribution in [0.5, 0.6) is 0 Å². The van der Waals surface area contributed by atoms with Gasteiger partial charge in [0, 0.05) is 0 Å². The van der Waals surface area contributed by atoms with E-state index in [1.807, 2.05) is 42.3 Å². The van der Waals surface area contributed by atoms with Crippen LogP contribution < -0.4 is 0 Å². The molecule has 0 saturated carbocycles. The molecule has 0 aromatic heterocycles. The molecule has 0 N–H and O–H groups in total. The quantitative estimate of drug-likeness (QED) is 0.577. The maximum atomic E-state index is 3.80. The number of thiol groups is 3. The molecule has 0 saturated heterocycles. The van der Waals surface area contributed by atoms with E-state index >= 15 is 0 Å². The maximum Gasteiger partial charge on any atom is -0.00309 e. The van der Waals surface area contributed by atoms with E-state index in [-0.39, 0.29) is 9.41 Å². The van der Waals surface area contributed by atoms with Crippen molar-refractivity contribution >= 4 is 38.4 Å². The highest BCUT2D eigenvalue weighted by atomic mass is 32.1. The lowest BCUT2D eigenvalue weighted by Gasteiger charge is -1.88. The summed E-state index contributed by atoms with van der Waals surface area (Å²) in [5.41, 5.74) is 0. The van der Waals surface area contributed by atoms with E-state index in [1.54, 1.807) is 12.9 Å². The molecule has 0 unspecified atom stereocenters. The van der Waals surface area contributed by atoms with Crippen molar-refractivity contribution in [2.75, 3.05) is 42.3 Å². The first kappa shape index (κ1) is 29.3. The van der Waals surface area contributed by atoms with Crippen molar-refractivity contribution in [2.45, 2.75) is 0 Å². The Labute approximate surface area is 103 Å². The second-order valence-corrected chi connectivity index (χ2v) is 4.94. The van der Waals surface area contributed by atoms with Gasteiger partial charge >= 0.3 is 0 Å². The fourth-order valence-electron chi connectivity index (χ4n) is 0. The molecule has 0 atom stereocenters. The average Bonchev–Trinajstić information content (AvgIpc) is 1.54. The SMILES string of the molecule is CN(C)S.CN(C)S.CN(C)S.F.F. The largest absolute Gasteiger partial charge is 0.269 e. The van der Waals surface area contributed by atoms with Crippen molar-refractivity contribution in [1.82, 2.24) is 12.9 Å². The zero-order valence-electron chi connectivity index (χ0n) is 9.50. The summed E-state index contributed by atoms with van der Waals surface area (Å²) in [6, 6.07) is 0. The first-order valence-electron chi connectivity index (χ1n) is 3.28. The Morgan fingerprint density at radius 2 is 0.500 bits per heavy atom. The van der Waals surface area contributed by atoms with Gasteiger partial charge in [-0.2, -0.15) is 0 Å². The highest BCUT2D eigenvalue weighted by Crippen LogP contribution is 1.70. The zero-order valence-corrected chi connectivity index (χ0v) is 12.2. The van der Waals surface area contributed by atoms with E-state index in [9.17, 15) is 0 Å². The van der Waals surface area contributed by atoms with E-state index in [1.165, 1.54) is 0 Å². The molecule has 0 rings (SSSR count). The standard InChI is InChI=1S/3C2H7NS.2FH/c3*1-3(2)4;;/h3*4H,1-2H3;2*1H. The maximum absolute atomic E-state index is 3.80. The monoisotopic (exact) mass is 271 g/mol. The average molecular weight is 271 g/mol. The third-order valence-electron chi connectivity index (χ3n) is 0. The molecule has 3 nitrogen and oxygen atoms in total. The Kier molecular flexibility index (Phi) is 49.3. The van der Waals surface area contributed by atoms with Crippen molar-refractivity contribution in [2.24, 2.45) is 0 Å². The Morgan fingerprint density at radius 1 is 0.500 bits per heavy atom. The van der Waals surface area contributed by atoms with E-state index in [0.717, 1.165) is 0 Å². The summed E-state index contributed by atoms with van der Waals surface area (Å²) in [6.45, 7) is 0.